The van der Waals surface area contributed by atoms with Gasteiger partial charge in [0.25, 0.3) is 0 Å². The Labute approximate surface area is 99.7 Å². The van der Waals surface area contributed by atoms with Crippen LogP contribution in [-0.2, 0) is 11.3 Å². The van der Waals surface area contributed by atoms with Gasteiger partial charge in [0, 0.05) is 31.4 Å². The van der Waals surface area contributed by atoms with Gasteiger partial charge in [0.05, 0.1) is 5.69 Å². The number of carbonyl (C=O) groups is 1. The van der Waals surface area contributed by atoms with Crippen molar-refractivity contribution >= 4 is 22.4 Å². The standard InChI is InChI=1S/C11H17N3OS/c1-3-14(8(2)15)11-13-10(7-16-11)6-12-9-4-5-9/h7,9,12H,3-6H2,1-2H3. The van der Waals surface area contributed by atoms with Crippen molar-refractivity contribution in [2.75, 3.05) is 11.4 Å². The maximum atomic E-state index is 11.3. The summed E-state index contributed by atoms with van der Waals surface area (Å²) in [7, 11) is 0. The number of hydrogen-bond acceptors (Lipinski definition) is 4. The molecule has 1 N–H and O–H groups in total. The molecule has 1 aromatic heterocycles. The van der Waals surface area contributed by atoms with Crippen molar-refractivity contribution in [3.63, 3.8) is 0 Å². The molecule has 1 aliphatic rings. The summed E-state index contributed by atoms with van der Waals surface area (Å²) in [4.78, 5) is 17.5. The molecule has 1 aromatic rings. The largest absolute Gasteiger partial charge is 0.308 e. The fourth-order valence-corrected chi connectivity index (χ4v) is 2.46. The second-order valence-corrected chi connectivity index (χ2v) is 4.88. The number of anilines is 1. The highest BCUT2D eigenvalue weighted by Crippen LogP contribution is 2.22. The zero-order chi connectivity index (χ0) is 11.5. The molecule has 88 valence electrons. The lowest BCUT2D eigenvalue weighted by Gasteiger charge is -2.14. The zero-order valence-electron chi connectivity index (χ0n) is 9.69. The molecule has 0 radical (unpaired) electrons. The molecule has 1 fully saturated rings. The normalized spacial score (nSPS) is 15.1. The van der Waals surface area contributed by atoms with Gasteiger partial charge in [-0.2, -0.15) is 0 Å². The predicted octanol–water partition coefficient (Wildman–Crippen LogP) is 1.77. The van der Waals surface area contributed by atoms with Gasteiger partial charge < -0.3 is 5.32 Å². The third-order valence-electron chi connectivity index (χ3n) is 2.62. The minimum absolute atomic E-state index is 0.0542. The highest BCUT2D eigenvalue weighted by Gasteiger charge is 2.20. The molecule has 0 spiro atoms. The summed E-state index contributed by atoms with van der Waals surface area (Å²) in [5, 5.41) is 6.25. The van der Waals surface area contributed by atoms with Gasteiger partial charge >= 0.3 is 0 Å². The summed E-state index contributed by atoms with van der Waals surface area (Å²) in [5.74, 6) is 0.0542. The molecule has 0 aromatic carbocycles. The highest BCUT2D eigenvalue weighted by atomic mass is 32.1. The third kappa shape index (κ3) is 2.80. The number of nitrogens with one attached hydrogen (secondary N) is 1. The van der Waals surface area contributed by atoms with Crippen molar-refractivity contribution < 1.29 is 4.79 Å². The minimum atomic E-state index is 0.0542. The number of rotatable bonds is 5. The molecule has 1 heterocycles. The number of nitrogens with zero attached hydrogens (tertiary/aromatic N) is 2. The van der Waals surface area contributed by atoms with Gasteiger partial charge in [-0.25, -0.2) is 4.98 Å². The predicted molar refractivity (Wildman–Crippen MR) is 65.7 cm³/mol. The summed E-state index contributed by atoms with van der Waals surface area (Å²) in [6, 6.07) is 0.695. The molecule has 16 heavy (non-hydrogen) atoms. The van der Waals surface area contributed by atoms with E-state index < -0.39 is 0 Å². The van der Waals surface area contributed by atoms with Gasteiger partial charge in [0.1, 0.15) is 0 Å². The van der Waals surface area contributed by atoms with Gasteiger partial charge in [-0.3, -0.25) is 9.69 Å². The topological polar surface area (TPSA) is 45.2 Å². The molecule has 0 atom stereocenters. The molecule has 1 amide bonds. The Morgan fingerprint density at radius 2 is 2.44 bits per heavy atom. The molecular weight excluding hydrogens is 222 g/mol. The third-order valence-corrected chi connectivity index (χ3v) is 3.53. The summed E-state index contributed by atoms with van der Waals surface area (Å²) in [6.45, 7) is 5.03. The van der Waals surface area contributed by atoms with Crippen molar-refractivity contribution in [2.24, 2.45) is 0 Å². The first kappa shape index (κ1) is 11.5. The van der Waals surface area contributed by atoms with Crippen molar-refractivity contribution in [3.05, 3.63) is 11.1 Å². The van der Waals surface area contributed by atoms with Crippen molar-refractivity contribution in [1.29, 1.82) is 0 Å². The average molecular weight is 239 g/mol. The van der Waals surface area contributed by atoms with Crippen LogP contribution < -0.4 is 10.2 Å². The molecule has 0 saturated heterocycles. The van der Waals surface area contributed by atoms with Gasteiger partial charge in [-0.1, -0.05) is 0 Å². The second-order valence-electron chi connectivity index (χ2n) is 4.04. The van der Waals surface area contributed by atoms with E-state index in [1.165, 1.54) is 24.2 Å². The minimum Gasteiger partial charge on any atom is -0.308 e. The first-order valence-electron chi connectivity index (χ1n) is 5.66. The summed E-state index contributed by atoms with van der Waals surface area (Å²) in [6.07, 6.45) is 2.57. The van der Waals surface area contributed by atoms with E-state index in [-0.39, 0.29) is 5.91 Å². The van der Waals surface area contributed by atoms with Gasteiger partial charge in [-0.05, 0) is 19.8 Å². The van der Waals surface area contributed by atoms with Crippen LogP contribution in [0.5, 0.6) is 0 Å². The summed E-state index contributed by atoms with van der Waals surface area (Å²) < 4.78 is 0. The van der Waals surface area contributed by atoms with Crippen LogP contribution in [0.15, 0.2) is 5.38 Å². The first-order valence-corrected chi connectivity index (χ1v) is 6.54. The van der Waals surface area contributed by atoms with Crippen LogP contribution in [0.2, 0.25) is 0 Å². The molecule has 1 saturated carbocycles. The molecule has 5 heteroatoms. The molecule has 4 nitrogen and oxygen atoms in total. The monoisotopic (exact) mass is 239 g/mol. The lowest BCUT2D eigenvalue weighted by atomic mass is 10.4. The molecule has 1 aliphatic carbocycles. The number of thiazole rings is 1. The fourth-order valence-electron chi connectivity index (χ4n) is 1.53. The van der Waals surface area contributed by atoms with E-state index in [0.717, 1.165) is 17.4 Å². The van der Waals surface area contributed by atoms with Crippen LogP contribution in [0.1, 0.15) is 32.4 Å². The van der Waals surface area contributed by atoms with Crippen LogP contribution in [-0.4, -0.2) is 23.5 Å². The van der Waals surface area contributed by atoms with E-state index in [1.54, 1.807) is 11.8 Å². The molecule has 0 bridgehead atoms. The van der Waals surface area contributed by atoms with E-state index in [9.17, 15) is 4.79 Å². The number of aromatic nitrogens is 1. The first-order chi connectivity index (χ1) is 7.70. The smallest absolute Gasteiger partial charge is 0.225 e. The Hall–Kier alpha value is -0.940. The fraction of sp³-hybridized carbons (Fsp3) is 0.636. The van der Waals surface area contributed by atoms with Crippen molar-refractivity contribution in [1.82, 2.24) is 10.3 Å². The number of amides is 1. The average Bonchev–Trinajstić information content (AvgIpc) is 2.96. The van der Waals surface area contributed by atoms with Crippen molar-refractivity contribution in [3.8, 4) is 0 Å². The van der Waals surface area contributed by atoms with Gasteiger partial charge in [0.15, 0.2) is 5.13 Å². The van der Waals surface area contributed by atoms with E-state index in [0.29, 0.717) is 12.6 Å². The van der Waals surface area contributed by atoms with Gasteiger partial charge in [-0.15, -0.1) is 11.3 Å². The van der Waals surface area contributed by atoms with Crippen LogP contribution in [0.25, 0.3) is 0 Å². The molecule has 2 rings (SSSR count). The van der Waals surface area contributed by atoms with E-state index in [2.05, 4.69) is 10.3 Å². The Balaban J connectivity index is 1.96. The van der Waals surface area contributed by atoms with Gasteiger partial charge in [0.2, 0.25) is 5.91 Å². The maximum absolute atomic E-state index is 11.3. The van der Waals surface area contributed by atoms with E-state index >= 15 is 0 Å². The Bertz CT molecular complexity index is 373. The van der Waals surface area contributed by atoms with Crippen LogP contribution >= 0.6 is 11.3 Å². The molecule has 0 aliphatic heterocycles. The van der Waals surface area contributed by atoms with Crippen LogP contribution in [0.4, 0.5) is 5.13 Å². The Morgan fingerprint density at radius 3 is 3.00 bits per heavy atom. The van der Waals surface area contributed by atoms with Crippen molar-refractivity contribution in [2.45, 2.75) is 39.3 Å². The lowest BCUT2D eigenvalue weighted by molar-refractivity contribution is -0.116. The maximum Gasteiger partial charge on any atom is 0.225 e. The zero-order valence-corrected chi connectivity index (χ0v) is 10.5. The Kier molecular flexibility index (Phi) is 3.56. The van der Waals surface area contributed by atoms with Crippen LogP contribution in [0, 0.1) is 0 Å². The summed E-state index contributed by atoms with van der Waals surface area (Å²) >= 11 is 1.54. The molecule has 0 unspecified atom stereocenters. The second kappa shape index (κ2) is 4.93. The lowest BCUT2D eigenvalue weighted by Crippen LogP contribution is -2.27. The van der Waals surface area contributed by atoms with Crippen LogP contribution in [0.3, 0.4) is 0 Å². The Morgan fingerprint density at radius 1 is 1.69 bits per heavy atom. The SMILES string of the molecule is CCN(C(C)=O)c1nc(CNC2CC2)cs1. The summed E-state index contributed by atoms with van der Waals surface area (Å²) in [5.41, 5.74) is 1.03. The van der Waals surface area contributed by atoms with E-state index in [1.807, 2.05) is 12.3 Å². The number of carbonyl (C=O) groups excluding carboxylic acids is 1. The van der Waals surface area contributed by atoms with E-state index in [4.69, 9.17) is 0 Å². The molecular formula is C11H17N3OS. The highest BCUT2D eigenvalue weighted by molar-refractivity contribution is 7.14. The number of hydrogen-bond donors (Lipinski definition) is 1. The quantitative estimate of drug-likeness (QED) is 0.851.